The summed E-state index contributed by atoms with van der Waals surface area (Å²) in [5.41, 5.74) is 2.83. The van der Waals surface area contributed by atoms with Crippen molar-refractivity contribution in [3.05, 3.63) is 44.7 Å². The number of hydrogen-bond acceptors (Lipinski definition) is 5. The summed E-state index contributed by atoms with van der Waals surface area (Å²) in [6.45, 7) is 0.480. The summed E-state index contributed by atoms with van der Waals surface area (Å²) in [7, 11) is 0. The molecule has 94 valence electrons. The predicted octanol–water partition coefficient (Wildman–Crippen LogP) is 2.12. The van der Waals surface area contributed by atoms with Gasteiger partial charge in [0.05, 0.1) is 15.9 Å². The quantitative estimate of drug-likeness (QED) is 0.594. The van der Waals surface area contributed by atoms with E-state index >= 15 is 0 Å². The molecular formula is C11H11BrN4OS. The molecule has 5 nitrogen and oxygen atoms in total. The summed E-state index contributed by atoms with van der Waals surface area (Å²) in [5, 5.41) is 2.82. The molecule has 7 heteroatoms. The van der Waals surface area contributed by atoms with Crippen LogP contribution in [0.5, 0.6) is 0 Å². The molecule has 0 unspecified atom stereocenters. The third kappa shape index (κ3) is 3.06. The number of aromatic nitrogens is 1. The average Bonchev–Trinajstić information content (AvgIpc) is 2.81. The maximum Gasteiger partial charge on any atom is 0.255 e. The SMILES string of the molecule is NNc1ncccc1C(=O)NCc1ccc(Br)s1. The molecule has 0 aliphatic carbocycles. The molecule has 2 heterocycles. The zero-order valence-corrected chi connectivity index (χ0v) is 11.7. The van der Waals surface area contributed by atoms with E-state index in [1.165, 1.54) is 0 Å². The lowest BCUT2D eigenvalue weighted by Crippen LogP contribution is -2.24. The fourth-order valence-electron chi connectivity index (χ4n) is 1.41. The van der Waals surface area contributed by atoms with Gasteiger partial charge in [-0.2, -0.15) is 0 Å². The van der Waals surface area contributed by atoms with E-state index < -0.39 is 0 Å². The minimum absolute atomic E-state index is 0.208. The zero-order valence-electron chi connectivity index (χ0n) is 9.31. The van der Waals surface area contributed by atoms with E-state index in [9.17, 15) is 4.79 Å². The highest BCUT2D eigenvalue weighted by Crippen LogP contribution is 2.21. The number of halogens is 1. The van der Waals surface area contributed by atoms with E-state index in [0.29, 0.717) is 17.9 Å². The molecule has 0 aromatic carbocycles. The number of carbonyl (C=O) groups is 1. The van der Waals surface area contributed by atoms with Crippen molar-refractivity contribution >= 4 is 39.0 Å². The van der Waals surface area contributed by atoms with Crippen LogP contribution in [-0.4, -0.2) is 10.9 Å². The van der Waals surface area contributed by atoms with E-state index in [2.05, 4.69) is 31.7 Å². The number of rotatable bonds is 4. The van der Waals surface area contributed by atoms with Crippen LogP contribution in [0.1, 0.15) is 15.2 Å². The van der Waals surface area contributed by atoms with Gasteiger partial charge in [0.2, 0.25) is 0 Å². The van der Waals surface area contributed by atoms with Gasteiger partial charge in [-0.05, 0) is 40.2 Å². The van der Waals surface area contributed by atoms with Gasteiger partial charge in [0.25, 0.3) is 5.91 Å². The second-order valence-corrected chi connectivity index (χ2v) is 5.98. The molecule has 0 saturated carbocycles. The number of hydrazine groups is 1. The van der Waals surface area contributed by atoms with Crippen LogP contribution < -0.4 is 16.6 Å². The molecule has 0 saturated heterocycles. The van der Waals surface area contributed by atoms with Crippen LogP contribution in [0.3, 0.4) is 0 Å². The van der Waals surface area contributed by atoms with Gasteiger partial charge < -0.3 is 10.7 Å². The van der Waals surface area contributed by atoms with Gasteiger partial charge >= 0.3 is 0 Å². The van der Waals surface area contributed by atoms with Crippen molar-refractivity contribution < 1.29 is 4.79 Å². The Labute approximate surface area is 117 Å². The Balaban J connectivity index is 2.03. The highest BCUT2D eigenvalue weighted by molar-refractivity contribution is 9.11. The Morgan fingerprint density at radius 3 is 2.94 bits per heavy atom. The van der Waals surface area contributed by atoms with Gasteiger partial charge in [0.15, 0.2) is 5.82 Å². The zero-order chi connectivity index (χ0) is 13.0. The van der Waals surface area contributed by atoms with Gasteiger partial charge in [0.1, 0.15) is 0 Å². The second kappa shape index (κ2) is 5.94. The highest BCUT2D eigenvalue weighted by Gasteiger charge is 2.11. The molecule has 4 N–H and O–H groups in total. The Morgan fingerprint density at radius 2 is 2.28 bits per heavy atom. The Hall–Kier alpha value is -1.44. The van der Waals surface area contributed by atoms with Crippen LogP contribution in [0.4, 0.5) is 5.82 Å². The number of nitrogens with one attached hydrogen (secondary N) is 2. The minimum Gasteiger partial charge on any atom is -0.347 e. The normalized spacial score (nSPS) is 10.1. The predicted molar refractivity (Wildman–Crippen MR) is 75.2 cm³/mol. The summed E-state index contributed by atoms with van der Waals surface area (Å²) in [6, 6.07) is 7.27. The van der Waals surface area contributed by atoms with Crippen molar-refractivity contribution in [3.63, 3.8) is 0 Å². The van der Waals surface area contributed by atoms with Crippen LogP contribution in [0.15, 0.2) is 34.2 Å². The van der Waals surface area contributed by atoms with E-state index in [1.54, 1.807) is 29.7 Å². The largest absolute Gasteiger partial charge is 0.347 e. The van der Waals surface area contributed by atoms with Crippen molar-refractivity contribution in [2.24, 2.45) is 5.84 Å². The van der Waals surface area contributed by atoms with Crippen molar-refractivity contribution in [2.75, 3.05) is 5.43 Å². The fraction of sp³-hybridized carbons (Fsp3) is 0.0909. The Morgan fingerprint density at radius 1 is 1.44 bits per heavy atom. The summed E-state index contributed by atoms with van der Waals surface area (Å²) in [6.07, 6.45) is 1.57. The van der Waals surface area contributed by atoms with Crippen LogP contribution in [0, 0.1) is 0 Å². The number of carbonyl (C=O) groups excluding carboxylic acids is 1. The molecule has 18 heavy (non-hydrogen) atoms. The first-order valence-electron chi connectivity index (χ1n) is 5.14. The summed E-state index contributed by atoms with van der Waals surface area (Å²) in [5.74, 6) is 5.46. The van der Waals surface area contributed by atoms with Crippen molar-refractivity contribution in [1.29, 1.82) is 0 Å². The molecule has 0 bridgehead atoms. The van der Waals surface area contributed by atoms with Gasteiger partial charge in [-0.3, -0.25) is 4.79 Å². The monoisotopic (exact) mass is 326 g/mol. The molecule has 0 aliphatic rings. The van der Waals surface area contributed by atoms with Crippen molar-refractivity contribution in [3.8, 4) is 0 Å². The molecule has 0 fully saturated rings. The molecule has 1 amide bonds. The standard InChI is InChI=1S/C11H11BrN4OS/c12-9-4-3-7(18-9)6-15-11(17)8-2-1-5-14-10(8)16-13/h1-5H,6,13H2,(H,14,16)(H,15,17). The number of nitrogens with zero attached hydrogens (tertiary/aromatic N) is 1. The number of amides is 1. The Kier molecular flexibility index (Phi) is 4.29. The third-order valence-electron chi connectivity index (χ3n) is 2.24. The Bertz CT molecular complexity index is 557. The molecule has 2 aromatic heterocycles. The number of nitrogen functional groups attached to an aromatic ring is 1. The molecule has 0 radical (unpaired) electrons. The lowest BCUT2D eigenvalue weighted by Gasteiger charge is -2.07. The van der Waals surface area contributed by atoms with E-state index in [0.717, 1.165) is 8.66 Å². The maximum atomic E-state index is 12.0. The van der Waals surface area contributed by atoms with Crippen molar-refractivity contribution in [2.45, 2.75) is 6.54 Å². The first-order chi connectivity index (χ1) is 8.70. The molecule has 2 rings (SSSR count). The first-order valence-corrected chi connectivity index (χ1v) is 6.75. The molecule has 0 atom stereocenters. The lowest BCUT2D eigenvalue weighted by molar-refractivity contribution is 0.0952. The maximum absolute atomic E-state index is 12.0. The second-order valence-electron chi connectivity index (χ2n) is 3.43. The number of hydrogen-bond donors (Lipinski definition) is 3. The molecule has 2 aromatic rings. The van der Waals surface area contributed by atoms with Gasteiger partial charge in [-0.15, -0.1) is 11.3 Å². The summed E-state index contributed by atoms with van der Waals surface area (Å²) < 4.78 is 1.04. The van der Waals surface area contributed by atoms with Crippen LogP contribution >= 0.6 is 27.3 Å². The molecule has 0 spiro atoms. The van der Waals surface area contributed by atoms with E-state index in [1.807, 2.05) is 12.1 Å². The highest BCUT2D eigenvalue weighted by atomic mass is 79.9. The minimum atomic E-state index is -0.208. The number of thiophene rings is 1. The third-order valence-corrected chi connectivity index (χ3v) is 3.86. The summed E-state index contributed by atoms with van der Waals surface area (Å²) in [4.78, 5) is 17.0. The summed E-state index contributed by atoms with van der Waals surface area (Å²) >= 11 is 4.96. The van der Waals surface area contributed by atoms with Gasteiger partial charge in [-0.25, -0.2) is 10.8 Å². The number of anilines is 1. The lowest BCUT2D eigenvalue weighted by atomic mass is 10.2. The smallest absolute Gasteiger partial charge is 0.255 e. The van der Waals surface area contributed by atoms with Crippen molar-refractivity contribution in [1.82, 2.24) is 10.3 Å². The number of pyridine rings is 1. The molecular weight excluding hydrogens is 316 g/mol. The average molecular weight is 327 g/mol. The molecule has 0 aliphatic heterocycles. The van der Waals surface area contributed by atoms with Gasteiger partial charge in [0, 0.05) is 11.1 Å². The first kappa shape index (κ1) is 13.0. The van der Waals surface area contributed by atoms with Crippen LogP contribution in [-0.2, 0) is 6.54 Å². The van der Waals surface area contributed by atoms with Crippen LogP contribution in [0.25, 0.3) is 0 Å². The number of nitrogens with two attached hydrogens (primary N) is 1. The van der Waals surface area contributed by atoms with Gasteiger partial charge in [-0.1, -0.05) is 0 Å². The topological polar surface area (TPSA) is 80.0 Å². The fourth-order valence-corrected chi connectivity index (χ4v) is 2.84. The van der Waals surface area contributed by atoms with E-state index in [4.69, 9.17) is 5.84 Å². The van der Waals surface area contributed by atoms with Crippen LogP contribution in [0.2, 0.25) is 0 Å². The van der Waals surface area contributed by atoms with E-state index in [-0.39, 0.29) is 5.91 Å².